The number of hydrogen-bond acceptors (Lipinski definition) is 5. The van der Waals surface area contributed by atoms with Crippen molar-refractivity contribution in [2.24, 2.45) is 5.92 Å². The molecule has 0 bridgehead atoms. The number of Topliss-reactive ketones (excluding diaryl/α,β-unsaturated/α-hetero) is 1. The van der Waals surface area contributed by atoms with E-state index in [2.05, 4.69) is 10.3 Å². The van der Waals surface area contributed by atoms with Gasteiger partial charge in [0.1, 0.15) is 11.5 Å². The topological polar surface area (TPSA) is 90.1 Å². The second kappa shape index (κ2) is 6.88. The Morgan fingerprint density at radius 1 is 1.30 bits per heavy atom. The molecule has 4 rings (SSSR count). The van der Waals surface area contributed by atoms with E-state index in [0.29, 0.717) is 16.5 Å². The van der Waals surface area contributed by atoms with Gasteiger partial charge in [-0.25, -0.2) is 4.39 Å². The van der Waals surface area contributed by atoms with Gasteiger partial charge < -0.3 is 9.88 Å². The maximum absolute atomic E-state index is 13.5. The fourth-order valence-electron chi connectivity index (χ4n) is 3.62. The van der Waals surface area contributed by atoms with Gasteiger partial charge in [-0.1, -0.05) is 0 Å². The quantitative estimate of drug-likeness (QED) is 0.434. The van der Waals surface area contributed by atoms with Crippen LogP contribution in [0.5, 0.6) is 0 Å². The number of nitrogens with one attached hydrogen (secondary N) is 1. The Morgan fingerprint density at radius 2 is 2.07 bits per heavy atom. The van der Waals surface area contributed by atoms with Crippen molar-refractivity contribution in [3.8, 4) is 5.69 Å². The smallest absolute Gasteiger partial charge is 0.296 e. The van der Waals surface area contributed by atoms with E-state index >= 15 is 0 Å². The molecule has 0 saturated carbocycles. The zero-order valence-electron chi connectivity index (χ0n) is 14.4. The van der Waals surface area contributed by atoms with Crippen LogP contribution in [0.1, 0.15) is 23.2 Å². The van der Waals surface area contributed by atoms with Crippen LogP contribution in [0.3, 0.4) is 0 Å². The predicted octanol–water partition coefficient (Wildman–Crippen LogP) is 3.26. The molecule has 7 nitrogen and oxygen atoms in total. The minimum absolute atomic E-state index is 0.0243. The van der Waals surface area contributed by atoms with Crippen LogP contribution in [-0.2, 0) is 0 Å². The van der Waals surface area contributed by atoms with Crippen molar-refractivity contribution in [1.29, 1.82) is 0 Å². The van der Waals surface area contributed by atoms with Gasteiger partial charge in [0.25, 0.3) is 5.69 Å². The lowest BCUT2D eigenvalue weighted by atomic mass is 9.90. The number of aromatic nitrogens is 2. The number of carbonyl (C=O) groups is 1. The maximum Gasteiger partial charge on any atom is 0.296 e. The predicted molar refractivity (Wildman–Crippen MR) is 97.6 cm³/mol. The van der Waals surface area contributed by atoms with Crippen molar-refractivity contribution >= 4 is 22.4 Å². The summed E-state index contributed by atoms with van der Waals surface area (Å²) < 4.78 is 15.1. The average molecular weight is 368 g/mol. The van der Waals surface area contributed by atoms with Crippen LogP contribution in [0.4, 0.5) is 10.1 Å². The zero-order valence-corrected chi connectivity index (χ0v) is 14.4. The van der Waals surface area contributed by atoms with Gasteiger partial charge in [0.05, 0.1) is 22.7 Å². The Bertz CT molecular complexity index is 1040. The molecule has 1 saturated heterocycles. The minimum atomic E-state index is -0.689. The van der Waals surface area contributed by atoms with Gasteiger partial charge in [-0.3, -0.25) is 19.9 Å². The molecule has 1 fully saturated rings. The SMILES string of the molecule is O=C(c1cn(-c2ccc(F)cc2[N+](=O)[O-])c2cnccc12)C1CCNCC1. The van der Waals surface area contributed by atoms with E-state index in [1.165, 1.54) is 12.1 Å². The van der Waals surface area contributed by atoms with Crippen molar-refractivity contribution in [2.45, 2.75) is 12.8 Å². The van der Waals surface area contributed by atoms with Crippen molar-refractivity contribution in [2.75, 3.05) is 13.1 Å². The third-order valence-corrected chi connectivity index (χ3v) is 4.98. The van der Waals surface area contributed by atoms with Crippen LogP contribution in [0.25, 0.3) is 16.6 Å². The van der Waals surface area contributed by atoms with Crippen LogP contribution < -0.4 is 5.32 Å². The van der Waals surface area contributed by atoms with Gasteiger partial charge in [-0.2, -0.15) is 0 Å². The van der Waals surface area contributed by atoms with Gasteiger partial charge >= 0.3 is 0 Å². The van der Waals surface area contributed by atoms with Crippen LogP contribution >= 0.6 is 0 Å². The molecule has 27 heavy (non-hydrogen) atoms. The summed E-state index contributed by atoms with van der Waals surface area (Å²) in [6.07, 6.45) is 6.27. The summed E-state index contributed by atoms with van der Waals surface area (Å²) in [5.74, 6) is -0.746. The highest BCUT2D eigenvalue weighted by Crippen LogP contribution is 2.32. The lowest BCUT2D eigenvalue weighted by Gasteiger charge is -2.21. The third kappa shape index (κ3) is 3.08. The van der Waals surface area contributed by atoms with Gasteiger partial charge in [-0.15, -0.1) is 0 Å². The van der Waals surface area contributed by atoms with E-state index in [9.17, 15) is 19.3 Å². The second-order valence-electron chi connectivity index (χ2n) is 6.58. The molecule has 0 aliphatic carbocycles. The number of hydrogen-bond donors (Lipinski definition) is 1. The minimum Gasteiger partial charge on any atom is -0.317 e. The Kier molecular flexibility index (Phi) is 4.41. The summed E-state index contributed by atoms with van der Waals surface area (Å²) >= 11 is 0. The number of nitrogens with zero attached hydrogens (tertiary/aromatic N) is 3. The molecule has 0 spiro atoms. The molecule has 3 heterocycles. The fourth-order valence-corrected chi connectivity index (χ4v) is 3.62. The number of carbonyl (C=O) groups excluding carboxylic acids is 1. The molecule has 0 radical (unpaired) electrons. The number of piperidine rings is 1. The molecule has 1 N–H and O–H groups in total. The number of benzene rings is 1. The number of halogens is 1. The summed E-state index contributed by atoms with van der Waals surface area (Å²) in [6, 6.07) is 5.12. The Hall–Kier alpha value is -3.13. The van der Waals surface area contributed by atoms with Crippen LogP contribution in [0, 0.1) is 21.8 Å². The molecule has 0 unspecified atom stereocenters. The van der Waals surface area contributed by atoms with E-state index in [-0.39, 0.29) is 23.1 Å². The molecule has 0 atom stereocenters. The second-order valence-corrected chi connectivity index (χ2v) is 6.58. The van der Waals surface area contributed by atoms with Gasteiger partial charge in [0.15, 0.2) is 5.78 Å². The molecule has 138 valence electrons. The number of nitro groups is 1. The molecule has 0 amide bonds. The highest BCUT2D eigenvalue weighted by molar-refractivity contribution is 6.09. The summed E-state index contributed by atoms with van der Waals surface area (Å²) in [4.78, 5) is 27.9. The fraction of sp³-hybridized carbons (Fsp3) is 0.263. The highest BCUT2D eigenvalue weighted by atomic mass is 19.1. The molecule has 2 aromatic heterocycles. The lowest BCUT2D eigenvalue weighted by molar-refractivity contribution is -0.384. The average Bonchev–Trinajstić information content (AvgIpc) is 3.07. The molecule has 3 aromatic rings. The van der Waals surface area contributed by atoms with E-state index in [0.717, 1.165) is 32.0 Å². The Balaban J connectivity index is 1.89. The molecular formula is C19H17FN4O3. The molecule has 1 aliphatic heterocycles. The van der Waals surface area contributed by atoms with Crippen molar-refractivity contribution < 1.29 is 14.1 Å². The number of nitro benzene ring substituents is 1. The highest BCUT2D eigenvalue weighted by Gasteiger charge is 2.27. The standard InChI is InChI=1S/C19H17FN4O3/c20-13-1-2-16(17(9-13)24(26)27)23-11-15(14-5-8-22-10-18(14)23)19(25)12-3-6-21-7-4-12/h1-2,5,8-12,21H,3-4,6-7H2. The molecular weight excluding hydrogens is 351 g/mol. The first-order chi connectivity index (χ1) is 13.1. The van der Waals surface area contributed by atoms with Gasteiger partial charge in [-0.05, 0) is 44.1 Å². The molecule has 1 aliphatic rings. The van der Waals surface area contributed by atoms with Crippen LogP contribution in [-0.4, -0.2) is 33.3 Å². The first-order valence-corrected chi connectivity index (χ1v) is 8.70. The molecule has 1 aromatic carbocycles. The summed E-state index contributed by atoms with van der Waals surface area (Å²) in [7, 11) is 0. The van der Waals surface area contributed by atoms with E-state index in [1.807, 2.05) is 0 Å². The largest absolute Gasteiger partial charge is 0.317 e. The van der Waals surface area contributed by atoms with Crippen molar-refractivity contribution in [3.63, 3.8) is 0 Å². The third-order valence-electron chi connectivity index (χ3n) is 4.98. The van der Waals surface area contributed by atoms with Gasteiger partial charge in [0, 0.05) is 29.3 Å². The Labute approximate surface area is 154 Å². The normalized spacial score (nSPS) is 15.1. The summed E-state index contributed by atoms with van der Waals surface area (Å²) in [6.45, 7) is 1.58. The summed E-state index contributed by atoms with van der Waals surface area (Å²) in [5, 5.41) is 15.3. The number of fused-ring (bicyclic) bond motifs is 1. The maximum atomic E-state index is 13.5. The van der Waals surface area contributed by atoms with Crippen LogP contribution in [0.15, 0.2) is 42.9 Å². The number of ketones is 1. The lowest BCUT2D eigenvalue weighted by Crippen LogP contribution is -2.31. The van der Waals surface area contributed by atoms with E-state index < -0.39 is 10.7 Å². The Morgan fingerprint density at radius 3 is 2.81 bits per heavy atom. The monoisotopic (exact) mass is 368 g/mol. The molecule has 8 heteroatoms. The van der Waals surface area contributed by atoms with Crippen molar-refractivity contribution in [3.05, 3.63) is 64.4 Å². The first-order valence-electron chi connectivity index (χ1n) is 8.70. The van der Waals surface area contributed by atoms with Crippen LogP contribution in [0.2, 0.25) is 0 Å². The summed E-state index contributed by atoms with van der Waals surface area (Å²) in [5.41, 5.74) is 0.919. The van der Waals surface area contributed by atoms with Gasteiger partial charge in [0.2, 0.25) is 0 Å². The number of pyridine rings is 1. The van der Waals surface area contributed by atoms with Crippen molar-refractivity contribution in [1.82, 2.24) is 14.9 Å². The van der Waals surface area contributed by atoms with E-state index in [1.54, 1.807) is 29.2 Å². The first kappa shape index (κ1) is 17.3. The number of rotatable bonds is 4. The zero-order chi connectivity index (χ0) is 19.0. The van der Waals surface area contributed by atoms with E-state index in [4.69, 9.17) is 0 Å².